The predicted octanol–water partition coefficient (Wildman–Crippen LogP) is 4.87. The lowest BCUT2D eigenvalue weighted by atomic mass is 10.1. The van der Waals surface area contributed by atoms with Gasteiger partial charge >= 0.3 is 0 Å². The molecule has 0 unspecified atom stereocenters. The Kier molecular flexibility index (Phi) is 8.65. The Morgan fingerprint density at radius 2 is 1.73 bits per heavy atom. The maximum absolute atomic E-state index is 12.6. The summed E-state index contributed by atoms with van der Waals surface area (Å²) in [7, 11) is 0. The summed E-state index contributed by atoms with van der Waals surface area (Å²) in [5.41, 5.74) is 5.20. The summed E-state index contributed by atoms with van der Waals surface area (Å²) < 4.78 is 12.8. The SMILES string of the molecule is CC(C)Oc1ccc(Br)cc1C(=O)NC(=S)NNC(=O)COc1ccc2ccccc2c1Br. The molecule has 0 saturated heterocycles. The molecule has 0 heterocycles. The van der Waals surface area contributed by atoms with Crippen molar-refractivity contribution < 1.29 is 19.1 Å². The molecular formula is C23H21Br2N3O4S. The highest BCUT2D eigenvalue weighted by Gasteiger charge is 2.16. The summed E-state index contributed by atoms with van der Waals surface area (Å²) in [6, 6.07) is 16.6. The van der Waals surface area contributed by atoms with Crippen LogP contribution < -0.4 is 25.6 Å². The maximum Gasteiger partial charge on any atom is 0.276 e. The molecule has 3 rings (SSSR count). The van der Waals surface area contributed by atoms with Crippen LogP contribution in [0.4, 0.5) is 0 Å². The van der Waals surface area contributed by atoms with Crippen molar-refractivity contribution in [1.29, 1.82) is 0 Å². The number of benzene rings is 3. The molecule has 7 nitrogen and oxygen atoms in total. The zero-order valence-electron chi connectivity index (χ0n) is 17.8. The highest BCUT2D eigenvalue weighted by molar-refractivity contribution is 9.11. The van der Waals surface area contributed by atoms with Crippen LogP contribution in [-0.2, 0) is 4.79 Å². The van der Waals surface area contributed by atoms with Gasteiger partial charge in [-0.3, -0.25) is 25.8 Å². The average Bonchev–Trinajstić information content (AvgIpc) is 2.78. The number of ether oxygens (including phenoxy) is 2. The number of rotatable bonds is 6. The molecule has 0 fully saturated rings. The second-order valence-electron chi connectivity index (χ2n) is 7.15. The van der Waals surface area contributed by atoms with Crippen LogP contribution in [0.25, 0.3) is 10.8 Å². The van der Waals surface area contributed by atoms with Gasteiger partial charge in [-0.2, -0.15) is 0 Å². The second-order valence-corrected chi connectivity index (χ2v) is 9.27. The van der Waals surface area contributed by atoms with Crippen LogP contribution in [0.5, 0.6) is 11.5 Å². The second kappa shape index (κ2) is 11.4. The zero-order chi connectivity index (χ0) is 24.0. The van der Waals surface area contributed by atoms with Gasteiger partial charge in [-0.1, -0.05) is 46.3 Å². The van der Waals surface area contributed by atoms with Gasteiger partial charge in [0.2, 0.25) is 0 Å². The first-order valence-electron chi connectivity index (χ1n) is 9.91. The Morgan fingerprint density at radius 3 is 2.48 bits per heavy atom. The van der Waals surface area contributed by atoms with Gasteiger partial charge in [0.25, 0.3) is 11.8 Å². The Hall–Kier alpha value is -2.69. The number of fused-ring (bicyclic) bond motifs is 1. The third kappa shape index (κ3) is 6.89. The summed E-state index contributed by atoms with van der Waals surface area (Å²) in [5.74, 6) is 0.00643. The molecule has 3 aromatic rings. The first-order chi connectivity index (χ1) is 15.7. The standard InChI is InChI=1S/C23H21Br2N3O4S/c1-13(2)32-18-10-8-15(24)11-17(18)22(30)26-23(33)28-27-20(29)12-31-19-9-7-14-5-3-4-6-16(14)21(19)25/h3-11,13H,12H2,1-2H3,(H,27,29)(H2,26,28,30,33). The van der Waals surface area contributed by atoms with E-state index in [2.05, 4.69) is 48.0 Å². The number of carbonyl (C=O) groups excluding carboxylic acids is 2. The molecule has 3 N–H and O–H groups in total. The van der Waals surface area contributed by atoms with Crippen LogP contribution in [0.2, 0.25) is 0 Å². The lowest BCUT2D eigenvalue weighted by Gasteiger charge is -2.15. The minimum Gasteiger partial charge on any atom is -0.490 e. The molecule has 0 aromatic heterocycles. The number of halogens is 2. The Balaban J connectivity index is 1.52. The number of hydrogen-bond donors (Lipinski definition) is 3. The molecule has 0 aliphatic heterocycles. The Labute approximate surface area is 213 Å². The van der Waals surface area contributed by atoms with Crippen LogP contribution in [0.1, 0.15) is 24.2 Å². The minimum atomic E-state index is -0.477. The van der Waals surface area contributed by atoms with Crippen molar-refractivity contribution in [2.75, 3.05) is 6.61 Å². The maximum atomic E-state index is 12.6. The summed E-state index contributed by atoms with van der Waals surface area (Å²) >= 11 is 12.0. The smallest absolute Gasteiger partial charge is 0.276 e. The van der Waals surface area contributed by atoms with Crippen molar-refractivity contribution in [3.8, 4) is 11.5 Å². The Morgan fingerprint density at radius 1 is 1.00 bits per heavy atom. The van der Waals surface area contributed by atoms with E-state index >= 15 is 0 Å². The molecule has 2 amide bonds. The van der Waals surface area contributed by atoms with E-state index in [1.54, 1.807) is 24.3 Å². The van der Waals surface area contributed by atoms with Gasteiger partial charge < -0.3 is 9.47 Å². The summed E-state index contributed by atoms with van der Waals surface area (Å²) in [4.78, 5) is 24.8. The van der Waals surface area contributed by atoms with E-state index in [9.17, 15) is 9.59 Å². The van der Waals surface area contributed by atoms with Crippen molar-refractivity contribution in [2.24, 2.45) is 0 Å². The normalized spacial score (nSPS) is 10.6. The fraction of sp³-hybridized carbons (Fsp3) is 0.174. The van der Waals surface area contributed by atoms with E-state index in [1.807, 2.05) is 44.2 Å². The van der Waals surface area contributed by atoms with E-state index in [-0.39, 0.29) is 17.8 Å². The topological polar surface area (TPSA) is 88.7 Å². The van der Waals surface area contributed by atoms with Gasteiger partial charge in [0.15, 0.2) is 11.7 Å². The number of thiocarbonyl (C=S) groups is 1. The van der Waals surface area contributed by atoms with E-state index in [4.69, 9.17) is 21.7 Å². The molecule has 0 spiro atoms. The van der Waals surface area contributed by atoms with E-state index in [1.165, 1.54) is 0 Å². The molecule has 0 bridgehead atoms. The largest absolute Gasteiger partial charge is 0.490 e. The molecule has 3 aromatic carbocycles. The van der Waals surface area contributed by atoms with Gasteiger partial charge in [-0.25, -0.2) is 0 Å². The molecule has 33 heavy (non-hydrogen) atoms. The van der Waals surface area contributed by atoms with Gasteiger partial charge in [-0.05, 0) is 77.0 Å². The monoisotopic (exact) mass is 593 g/mol. The number of amides is 2. The fourth-order valence-electron chi connectivity index (χ4n) is 2.87. The van der Waals surface area contributed by atoms with Crippen LogP contribution in [0, 0.1) is 0 Å². The molecule has 0 aliphatic carbocycles. The molecule has 172 valence electrons. The minimum absolute atomic E-state index is 0.0734. The molecule has 10 heteroatoms. The van der Waals surface area contributed by atoms with E-state index in [0.717, 1.165) is 15.2 Å². The third-order valence-electron chi connectivity index (χ3n) is 4.28. The molecule has 0 aliphatic rings. The predicted molar refractivity (Wildman–Crippen MR) is 138 cm³/mol. The quantitative estimate of drug-likeness (QED) is 0.279. The van der Waals surface area contributed by atoms with E-state index < -0.39 is 11.8 Å². The Bertz CT molecular complexity index is 1200. The molecule has 0 atom stereocenters. The van der Waals surface area contributed by atoms with Gasteiger partial charge in [0.05, 0.1) is 16.1 Å². The third-order valence-corrected chi connectivity index (χ3v) is 5.79. The average molecular weight is 595 g/mol. The van der Waals surface area contributed by atoms with Crippen LogP contribution >= 0.6 is 44.1 Å². The van der Waals surface area contributed by atoms with Crippen molar-refractivity contribution in [3.63, 3.8) is 0 Å². The first kappa shape index (κ1) is 24.9. The lowest BCUT2D eigenvalue weighted by Crippen LogP contribution is -2.49. The van der Waals surface area contributed by atoms with Crippen molar-refractivity contribution in [1.82, 2.24) is 16.2 Å². The lowest BCUT2D eigenvalue weighted by molar-refractivity contribution is -0.123. The highest BCUT2D eigenvalue weighted by atomic mass is 79.9. The molecule has 0 saturated carbocycles. The van der Waals surface area contributed by atoms with Gasteiger partial charge in [0.1, 0.15) is 11.5 Å². The summed E-state index contributed by atoms with van der Waals surface area (Å²) in [6.45, 7) is 3.48. The van der Waals surface area contributed by atoms with Gasteiger partial charge in [-0.15, -0.1) is 0 Å². The number of carbonyl (C=O) groups is 2. The first-order valence-corrected chi connectivity index (χ1v) is 11.9. The van der Waals surface area contributed by atoms with Crippen LogP contribution in [-0.4, -0.2) is 29.6 Å². The number of hydrogen-bond acceptors (Lipinski definition) is 5. The molecule has 0 radical (unpaired) electrons. The summed E-state index contributed by atoms with van der Waals surface area (Å²) in [6.07, 6.45) is -0.107. The molecular weight excluding hydrogens is 574 g/mol. The number of nitrogens with one attached hydrogen (secondary N) is 3. The number of hydrazine groups is 1. The van der Waals surface area contributed by atoms with Crippen LogP contribution in [0.15, 0.2) is 63.5 Å². The van der Waals surface area contributed by atoms with Crippen molar-refractivity contribution in [2.45, 2.75) is 20.0 Å². The van der Waals surface area contributed by atoms with Gasteiger partial charge in [0, 0.05) is 4.47 Å². The van der Waals surface area contributed by atoms with Crippen molar-refractivity contribution >= 4 is 71.8 Å². The highest BCUT2D eigenvalue weighted by Crippen LogP contribution is 2.33. The summed E-state index contributed by atoms with van der Waals surface area (Å²) in [5, 5.41) is 4.47. The van der Waals surface area contributed by atoms with Crippen LogP contribution in [0.3, 0.4) is 0 Å². The van der Waals surface area contributed by atoms with E-state index in [0.29, 0.717) is 21.5 Å². The van der Waals surface area contributed by atoms with Crippen molar-refractivity contribution in [3.05, 3.63) is 69.1 Å². The fourth-order valence-corrected chi connectivity index (χ4v) is 3.98. The zero-order valence-corrected chi connectivity index (χ0v) is 21.8.